The van der Waals surface area contributed by atoms with Crippen LogP contribution in [0.15, 0.2) is 52.2 Å². The lowest BCUT2D eigenvalue weighted by molar-refractivity contribution is -0.142. The highest BCUT2D eigenvalue weighted by Gasteiger charge is 2.56. The summed E-state index contributed by atoms with van der Waals surface area (Å²) in [6, 6.07) is 7.93. The predicted molar refractivity (Wildman–Crippen MR) is 121 cm³/mol. The molecule has 0 saturated carbocycles. The third kappa shape index (κ3) is 6.06. The molecule has 192 valence electrons. The maximum atomic E-state index is 15.4. The maximum absolute atomic E-state index is 15.4. The number of aliphatic hydroxyl groups excluding tert-OH is 1. The van der Waals surface area contributed by atoms with E-state index < -0.39 is 61.7 Å². The molecule has 1 aliphatic rings. The van der Waals surface area contributed by atoms with Crippen molar-refractivity contribution >= 4 is 13.7 Å². The number of hydrogen-bond donors (Lipinski definition) is 3. The smallest absolute Gasteiger partial charge is 0.459 e. The zero-order chi connectivity index (χ0) is 25.8. The van der Waals surface area contributed by atoms with Crippen molar-refractivity contribution < 1.29 is 37.4 Å². The van der Waals surface area contributed by atoms with Crippen LogP contribution in [0, 0.1) is 0 Å². The zero-order valence-electron chi connectivity index (χ0n) is 19.3. The minimum absolute atomic E-state index is 0.156. The number of nitrogens with zero attached hydrogens (tertiary/aromatic N) is 1. The minimum atomic E-state index is -4.29. The summed E-state index contributed by atoms with van der Waals surface area (Å²) in [5.41, 5.74) is -4.11. The van der Waals surface area contributed by atoms with E-state index >= 15 is 4.39 Å². The third-order valence-corrected chi connectivity index (χ3v) is 6.97. The molecule has 1 fully saturated rings. The summed E-state index contributed by atoms with van der Waals surface area (Å²) in [5, 5.41) is 13.1. The number of aromatic nitrogens is 2. The van der Waals surface area contributed by atoms with E-state index in [1.165, 1.54) is 19.2 Å². The first kappa shape index (κ1) is 26.8. The quantitative estimate of drug-likeness (QED) is 0.311. The number of nitrogens with one attached hydrogen (secondary N) is 2. The highest BCUT2D eigenvalue weighted by Crippen LogP contribution is 2.47. The van der Waals surface area contributed by atoms with Gasteiger partial charge in [-0.3, -0.25) is 23.7 Å². The van der Waals surface area contributed by atoms with Crippen LogP contribution in [0.2, 0.25) is 0 Å². The monoisotopic (exact) mass is 515 g/mol. The van der Waals surface area contributed by atoms with E-state index in [9.17, 15) is 24.1 Å². The number of H-pyrrole nitrogens is 1. The Bertz CT molecular complexity index is 1190. The van der Waals surface area contributed by atoms with Crippen molar-refractivity contribution in [2.45, 2.75) is 50.4 Å². The fourth-order valence-corrected chi connectivity index (χ4v) is 5.08. The minimum Gasteiger partial charge on any atom is -0.468 e. The molecule has 12 nitrogen and oxygen atoms in total. The summed E-state index contributed by atoms with van der Waals surface area (Å²) in [7, 11) is -3.12. The van der Waals surface area contributed by atoms with Crippen LogP contribution in [0.4, 0.5) is 4.39 Å². The second-order valence-electron chi connectivity index (χ2n) is 7.95. The summed E-state index contributed by atoms with van der Waals surface area (Å²) in [6.07, 6.45) is -3.59. The number of ether oxygens (including phenoxy) is 2. The Labute approximate surface area is 199 Å². The number of alkyl halides is 1. The van der Waals surface area contributed by atoms with Gasteiger partial charge in [-0.2, -0.15) is 5.09 Å². The van der Waals surface area contributed by atoms with Gasteiger partial charge < -0.3 is 19.1 Å². The van der Waals surface area contributed by atoms with Crippen LogP contribution in [0.25, 0.3) is 0 Å². The van der Waals surface area contributed by atoms with Crippen LogP contribution < -0.4 is 20.9 Å². The number of esters is 1. The van der Waals surface area contributed by atoms with Gasteiger partial charge in [0.2, 0.25) is 0 Å². The van der Waals surface area contributed by atoms with E-state index in [-0.39, 0.29) is 12.2 Å². The number of para-hydroxylation sites is 1. The number of carbonyl (C=O) groups is 1. The van der Waals surface area contributed by atoms with Crippen molar-refractivity contribution in [2.24, 2.45) is 0 Å². The normalized spacial score (nSPS) is 26.6. The van der Waals surface area contributed by atoms with E-state index in [0.29, 0.717) is 0 Å². The predicted octanol–water partition coefficient (Wildman–Crippen LogP) is 1.27. The van der Waals surface area contributed by atoms with Crippen molar-refractivity contribution in [3.8, 4) is 5.75 Å². The van der Waals surface area contributed by atoms with E-state index in [4.69, 9.17) is 18.5 Å². The van der Waals surface area contributed by atoms with Crippen LogP contribution in [0.3, 0.4) is 0 Å². The molecule has 0 radical (unpaired) electrons. The molecule has 1 aromatic heterocycles. The average molecular weight is 515 g/mol. The topological polar surface area (TPSA) is 158 Å². The second kappa shape index (κ2) is 10.8. The molecule has 2 aromatic rings. The Kier molecular flexibility index (Phi) is 8.29. The molecule has 0 aliphatic carbocycles. The third-order valence-electron chi connectivity index (χ3n) is 5.41. The Morgan fingerprint density at radius 1 is 1.34 bits per heavy atom. The number of benzene rings is 1. The molecule has 1 aromatic carbocycles. The lowest BCUT2D eigenvalue weighted by Gasteiger charge is -2.25. The molecular weight excluding hydrogens is 488 g/mol. The largest absolute Gasteiger partial charge is 0.468 e. The second-order valence-corrected chi connectivity index (χ2v) is 9.64. The Hall–Kier alpha value is -2.83. The molecule has 0 bridgehead atoms. The van der Waals surface area contributed by atoms with Gasteiger partial charge in [-0.05, 0) is 25.5 Å². The van der Waals surface area contributed by atoms with Gasteiger partial charge >= 0.3 is 19.4 Å². The fraction of sp³-hybridized carbons (Fsp3) is 0.476. The lowest BCUT2D eigenvalue weighted by Crippen LogP contribution is -2.44. The molecule has 1 saturated heterocycles. The van der Waals surface area contributed by atoms with Gasteiger partial charge in [-0.1, -0.05) is 25.1 Å². The van der Waals surface area contributed by atoms with Crippen LogP contribution >= 0.6 is 7.75 Å². The summed E-state index contributed by atoms with van der Waals surface area (Å²) in [6.45, 7) is 2.03. The van der Waals surface area contributed by atoms with Crippen molar-refractivity contribution in [1.82, 2.24) is 14.6 Å². The van der Waals surface area contributed by atoms with Crippen molar-refractivity contribution in [3.05, 3.63) is 63.4 Å². The number of hydrogen-bond acceptors (Lipinski definition) is 9. The molecule has 2 heterocycles. The Morgan fingerprint density at radius 2 is 2.03 bits per heavy atom. The molecule has 1 aliphatic heterocycles. The van der Waals surface area contributed by atoms with Gasteiger partial charge in [0.25, 0.3) is 5.56 Å². The number of rotatable bonds is 10. The van der Waals surface area contributed by atoms with Crippen molar-refractivity contribution in [1.29, 1.82) is 0 Å². The van der Waals surface area contributed by atoms with Crippen LogP contribution in [0.5, 0.6) is 5.75 Å². The first-order valence-corrected chi connectivity index (χ1v) is 12.2. The van der Waals surface area contributed by atoms with E-state index in [0.717, 1.165) is 23.8 Å². The zero-order valence-corrected chi connectivity index (χ0v) is 20.1. The molecule has 35 heavy (non-hydrogen) atoms. The highest BCUT2D eigenvalue weighted by atomic mass is 31.2. The fourth-order valence-electron chi connectivity index (χ4n) is 3.49. The van der Waals surface area contributed by atoms with Gasteiger partial charge in [0.1, 0.15) is 24.0 Å². The molecule has 3 rings (SSSR count). The highest BCUT2D eigenvalue weighted by molar-refractivity contribution is 7.52. The van der Waals surface area contributed by atoms with Crippen LogP contribution in [-0.4, -0.2) is 58.3 Å². The number of halogens is 1. The van der Waals surface area contributed by atoms with Crippen molar-refractivity contribution in [3.63, 3.8) is 0 Å². The van der Waals surface area contributed by atoms with Gasteiger partial charge in [0, 0.05) is 12.3 Å². The summed E-state index contributed by atoms with van der Waals surface area (Å²) in [5.74, 6) is -0.553. The first-order chi connectivity index (χ1) is 16.5. The number of carbonyl (C=O) groups excluding carboxylic acids is 1. The summed E-state index contributed by atoms with van der Waals surface area (Å²) >= 11 is 0. The van der Waals surface area contributed by atoms with Gasteiger partial charge in [-0.15, -0.1) is 0 Å². The number of aromatic amines is 1. The number of aliphatic hydroxyl groups is 1. The van der Waals surface area contributed by atoms with E-state index in [1.807, 2.05) is 4.98 Å². The first-order valence-electron chi connectivity index (χ1n) is 10.7. The van der Waals surface area contributed by atoms with Crippen LogP contribution in [-0.2, 0) is 23.4 Å². The molecule has 14 heteroatoms. The molecule has 3 N–H and O–H groups in total. The van der Waals surface area contributed by atoms with Gasteiger partial charge in [0.05, 0.1) is 13.7 Å². The maximum Gasteiger partial charge on any atom is 0.459 e. The van der Waals surface area contributed by atoms with E-state index in [1.54, 1.807) is 25.1 Å². The number of methoxy groups -OCH3 is 1. The van der Waals surface area contributed by atoms with Gasteiger partial charge in [0.15, 0.2) is 11.9 Å². The van der Waals surface area contributed by atoms with E-state index in [2.05, 4.69) is 5.09 Å². The Balaban J connectivity index is 1.82. The summed E-state index contributed by atoms with van der Waals surface area (Å²) < 4.78 is 50.9. The molecule has 0 spiro atoms. The average Bonchev–Trinajstić information content (AvgIpc) is 3.05. The molecule has 1 unspecified atom stereocenters. The molecule has 6 atom stereocenters. The Morgan fingerprint density at radius 3 is 2.63 bits per heavy atom. The van der Waals surface area contributed by atoms with Crippen molar-refractivity contribution in [2.75, 3.05) is 13.7 Å². The standard InChI is InChI=1S/C21H27FN3O9P/c1-4-14(18(28)31-3)24-35(30,34-13-8-6-5-7-9-13)32-12-15-17(27)21(2,22)19(33-15)25-11-10-16(26)23-20(25)29/h5-11,14-15,17,19,27H,4,12H2,1-3H3,(H,24,30)(H,23,26,29)/t14-,15+,17+,19+,21+,35?/m0/s1. The van der Waals surface area contributed by atoms with Crippen LogP contribution in [0.1, 0.15) is 26.5 Å². The van der Waals surface area contributed by atoms with Gasteiger partial charge in [-0.25, -0.2) is 13.8 Å². The summed E-state index contributed by atoms with van der Waals surface area (Å²) in [4.78, 5) is 37.5. The SMILES string of the molecule is CC[C@H](NP(=O)(OC[C@H]1O[C@@H](n2ccc(=O)[nH]c2=O)[C@](C)(F)[C@@H]1O)Oc1ccccc1)C(=O)OC. The lowest BCUT2D eigenvalue weighted by atomic mass is 9.98. The molecule has 0 amide bonds. The molecular formula is C21H27FN3O9P.